The SMILES string of the molecule is O=C(Nc1cccc(Nc2c(NCCC3CCCN3CI)c(=O)c2=O)c1)c1sccc1NCc1ccnc2ccccc12. The van der Waals surface area contributed by atoms with Crippen LogP contribution in [0.5, 0.6) is 0 Å². The average molecular weight is 707 g/mol. The Labute approximate surface area is 266 Å². The molecule has 3 heterocycles. The smallest absolute Gasteiger partial charge is 0.267 e. The Kier molecular flexibility index (Phi) is 9.00. The first-order valence-electron chi connectivity index (χ1n) is 14.2. The lowest BCUT2D eigenvalue weighted by Crippen LogP contribution is -2.37. The van der Waals surface area contributed by atoms with Gasteiger partial charge in [0.25, 0.3) is 16.8 Å². The number of anilines is 5. The van der Waals surface area contributed by atoms with Gasteiger partial charge in [0, 0.05) is 42.1 Å². The van der Waals surface area contributed by atoms with E-state index in [2.05, 4.69) is 53.7 Å². The third-order valence-electron chi connectivity index (χ3n) is 7.81. The van der Waals surface area contributed by atoms with E-state index in [0.29, 0.717) is 41.1 Å². The van der Waals surface area contributed by atoms with Crippen LogP contribution < -0.4 is 32.1 Å². The average Bonchev–Trinajstić information content (AvgIpc) is 3.70. The molecule has 1 atom stereocenters. The van der Waals surface area contributed by atoms with Crippen LogP contribution in [0, 0.1) is 0 Å². The quantitative estimate of drug-likeness (QED) is 0.0528. The van der Waals surface area contributed by atoms with E-state index in [1.807, 2.05) is 41.8 Å². The van der Waals surface area contributed by atoms with Gasteiger partial charge < -0.3 is 21.3 Å². The predicted molar refractivity (Wildman–Crippen MR) is 184 cm³/mol. The molecule has 1 aliphatic heterocycles. The van der Waals surface area contributed by atoms with Gasteiger partial charge in [-0.2, -0.15) is 0 Å². The van der Waals surface area contributed by atoms with Gasteiger partial charge in [0.05, 0.1) is 15.8 Å². The van der Waals surface area contributed by atoms with Gasteiger partial charge >= 0.3 is 0 Å². The Balaban J connectivity index is 1.08. The molecular weight excluding hydrogens is 675 g/mol. The summed E-state index contributed by atoms with van der Waals surface area (Å²) in [5.41, 5.74) is 3.50. The van der Waals surface area contributed by atoms with Crippen LogP contribution >= 0.6 is 33.9 Å². The number of aromatic nitrogens is 1. The molecule has 43 heavy (non-hydrogen) atoms. The molecule has 3 aromatic carbocycles. The van der Waals surface area contributed by atoms with Crippen molar-refractivity contribution in [1.29, 1.82) is 0 Å². The number of thiophene rings is 1. The monoisotopic (exact) mass is 706 g/mol. The van der Waals surface area contributed by atoms with Crippen molar-refractivity contribution in [2.24, 2.45) is 0 Å². The lowest BCUT2D eigenvalue weighted by molar-refractivity contribution is 0.103. The molecule has 6 rings (SSSR count). The number of carbonyl (C=O) groups is 1. The first-order valence-corrected chi connectivity index (χ1v) is 16.6. The van der Waals surface area contributed by atoms with E-state index in [1.165, 1.54) is 17.8 Å². The van der Waals surface area contributed by atoms with E-state index >= 15 is 0 Å². The number of hydrogen-bond donors (Lipinski definition) is 4. The maximum atomic E-state index is 13.2. The van der Waals surface area contributed by atoms with Crippen molar-refractivity contribution >= 4 is 79.2 Å². The normalized spacial score (nSPS) is 15.1. The van der Waals surface area contributed by atoms with Gasteiger partial charge in [-0.1, -0.05) is 46.9 Å². The summed E-state index contributed by atoms with van der Waals surface area (Å²) in [6.07, 6.45) is 5.06. The first-order chi connectivity index (χ1) is 21.0. The predicted octanol–water partition coefficient (Wildman–Crippen LogP) is 6.16. The van der Waals surface area contributed by atoms with E-state index < -0.39 is 10.9 Å². The van der Waals surface area contributed by atoms with Crippen LogP contribution in [-0.4, -0.2) is 39.5 Å². The number of carbonyl (C=O) groups excluding carboxylic acids is 1. The highest BCUT2D eigenvalue weighted by Gasteiger charge is 2.25. The standard InChI is InChI=1S/C32H31IN6O3S/c33-19-39-15-4-7-23(39)11-14-35-27-28(30(41)29(27)40)37-21-5-3-6-22(17-21)38-32(42)31-26(12-16-43-31)36-18-20-10-13-34-25-9-2-1-8-24(20)25/h1-3,5-6,8-10,12-13,16-17,23,35-37H,4,7,11,14-15,18-19H2,(H,38,42). The highest BCUT2D eigenvalue weighted by Crippen LogP contribution is 2.28. The van der Waals surface area contributed by atoms with Crippen LogP contribution in [0.4, 0.5) is 28.4 Å². The lowest BCUT2D eigenvalue weighted by atomic mass is 10.1. The van der Waals surface area contributed by atoms with Gasteiger partial charge in [0.15, 0.2) is 0 Å². The largest absolute Gasteiger partial charge is 0.380 e. The molecule has 11 heteroatoms. The lowest BCUT2D eigenvalue weighted by Gasteiger charge is -2.22. The Bertz CT molecular complexity index is 1830. The number of fused-ring (bicyclic) bond motifs is 1. The Morgan fingerprint density at radius 3 is 2.72 bits per heavy atom. The van der Waals surface area contributed by atoms with Crippen molar-refractivity contribution in [1.82, 2.24) is 9.88 Å². The number of likely N-dealkylation sites (tertiary alicyclic amines) is 1. The molecule has 5 aromatic rings. The van der Waals surface area contributed by atoms with Gasteiger partial charge in [-0.05, 0) is 73.1 Å². The molecule has 1 saturated heterocycles. The second kappa shape index (κ2) is 13.2. The fourth-order valence-electron chi connectivity index (χ4n) is 5.55. The maximum absolute atomic E-state index is 13.2. The minimum Gasteiger partial charge on any atom is -0.380 e. The zero-order valence-corrected chi connectivity index (χ0v) is 26.3. The van der Waals surface area contributed by atoms with Crippen molar-refractivity contribution < 1.29 is 4.79 Å². The first kappa shape index (κ1) is 29.3. The Morgan fingerprint density at radius 1 is 1.00 bits per heavy atom. The van der Waals surface area contributed by atoms with Crippen molar-refractivity contribution in [2.75, 3.05) is 38.9 Å². The van der Waals surface area contributed by atoms with E-state index in [1.54, 1.807) is 30.5 Å². The van der Waals surface area contributed by atoms with Gasteiger partial charge in [-0.15, -0.1) is 11.3 Å². The number of hydrogen-bond acceptors (Lipinski definition) is 9. The second-order valence-electron chi connectivity index (χ2n) is 10.5. The fourth-order valence-corrected chi connectivity index (χ4v) is 7.22. The molecule has 0 bridgehead atoms. The van der Waals surface area contributed by atoms with E-state index in [-0.39, 0.29) is 11.6 Å². The number of alkyl halides is 1. The van der Waals surface area contributed by atoms with Gasteiger partial charge in [0.2, 0.25) is 0 Å². The minimum atomic E-state index is -0.539. The number of benzene rings is 2. The third-order valence-corrected chi connectivity index (χ3v) is 9.60. The Morgan fingerprint density at radius 2 is 1.84 bits per heavy atom. The summed E-state index contributed by atoms with van der Waals surface area (Å²) >= 11 is 3.75. The van der Waals surface area contributed by atoms with Gasteiger partial charge in [0.1, 0.15) is 16.3 Å². The van der Waals surface area contributed by atoms with Crippen molar-refractivity contribution in [3.05, 3.63) is 103 Å². The summed E-state index contributed by atoms with van der Waals surface area (Å²) in [5, 5.41) is 15.6. The van der Waals surface area contributed by atoms with Crippen LogP contribution in [0.25, 0.3) is 10.9 Å². The topological polar surface area (TPSA) is 115 Å². The molecule has 1 fully saturated rings. The summed E-state index contributed by atoms with van der Waals surface area (Å²) in [6.45, 7) is 2.29. The minimum absolute atomic E-state index is 0.238. The summed E-state index contributed by atoms with van der Waals surface area (Å²) in [6, 6.07) is 19.5. The summed E-state index contributed by atoms with van der Waals surface area (Å²) in [7, 11) is 0. The number of amides is 1. The number of nitrogens with zero attached hydrogens (tertiary/aromatic N) is 2. The maximum Gasteiger partial charge on any atom is 0.267 e. The molecule has 1 unspecified atom stereocenters. The van der Waals surface area contributed by atoms with E-state index in [9.17, 15) is 14.4 Å². The third kappa shape index (κ3) is 6.43. The highest BCUT2D eigenvalue weighted by molar-refractivity contribution is 14.1. The number of para-hydroxylation sites is 1. The highest BCUT2D eigenvalue weighted by atomic mass is 127. The van der Waals surface area contributed by atoms with Crippen molar-refractivity contribution in [3.8, 4) is 0 Å². The Hall–Kier alpha value is -3.81. The molecule has 1 aliphatic rings. The molecule has 0 radical (unpaired) electrons. The molecule has 1 amide bonds. The van der Waals surface area contributed by atoms with Crippen LogP contribution in [0.1, 0.15) is 34.5 Å². The number of rotatable bonds is 12. The van der Waals surface area contributed by atoms with Crippen LogP contribution in [0.15, 0.2) is 81.8 Å². The van der Waals surface area contributed by atoms with Crippen LogP contribution in [-0.2, 0) is 6.54 Å². The zero-order valence-electron chi connectivity index (χ0n) is 23.4. The summed E-state index contributed by atoms with van der Waals surface area (Å²) in [4.78, 5) is 45.4. The van der Waals surface area contributed by atoms with Crippen LogP contribution in [0.3, 0.4) is 0 Å². The fraction of sp³-hybridized carbons (Fsp3) is 0.250. The molecule has 9 nitrogen and oxygen atoms in total. The molecule has 220 valence electrons. The molecule has 0 spiro atoms. The van der Waals surface area contributed by atoms with E-state index in [4.69, 9.17) is 0 Å². The summed E-state index contributed by atoms with van der Waals surface area (Å²) < 4.78 is 0.996. The zero-order chi connectivity index (χ0) is 29.8. The molecular formula is C32H31IN6O3S. The van der Waals surface area contributed by atoms with Crippen molar-refractivity contribution in [2.45, 2.75) is 31.8 Å². The molecule has 0 aliphatic carbocycles. The number of nitrogens with one attached hydrogen (secondary N) is 4. The molecule has 0 saturated carbocycles. The number of pyridine rings is 1. The molecule has 2 aromatic heterocycles. The number of halogens is 1. The van der Waals surface area contributed by atoms with Gasteiger partial charge in [-0.25, -0.2) is 0 Å². The molecule has 4 N–H and O–H groups in total. The second-order valence-corrected chi connectivity index (χ2v) is 12.1. The van der Waals surface area contributed by atoms with Crippen molar-refractivity contribution in [3.63, 3.8) is 0 Å². The van der Waals surface area contributed by atoms with Gasteiger partial charge in [-0.3, -0.25) is 24.3 Å². The summed E-state index contributed by atoms with van der Waals surface area (Å²) in [5.74, 6) is -0.238. The van der Waals surface area contributed by atoms with E-state index in [0.717, 1.165) is 46.1 Å². The van der Waals surface area contributed by atoms with Crippen LogP contribution in [0.2, 0.25) is 0 Å².